The van der Waals surface area contributed by atoms with Crippen LogP contribution in [0.25, 0.3) is 0 Å². The number of ether oxygens (including phenoxy) is 7. The van der Waals surface area contributed by atoms with Gasteiger partial charge in [-0.1, -0.05) is 71.6 Å². The number of carbonyl (C=O) groups excluding carboxylic acids is 1. The molecule has 12 unspecified atom stereocenters. The zero-order chi connectivity index (χ0) is 54.3. The number of hydrogen-bond acceptors (Lipinski definition) is 14. The van der Waals surface area contributed by atoms with Crippen LogP contribution in [0.15, 0.2) is 78.9 Å². The zero-order valence-electron chi connectivity index (χ0n) is 45.5. The molecule has 0 aromatic heterocycles. The average Bonchev–Trinajstić information content (AvgIpc) is 3.38. The Morgan fingerprint density at radius 1 is 0.553 bits per heavy atom. The first kappa shape index (κ1) is 58.9. The Morgan fingerprint density at radius 3 is 1.53 bits per heavy atom. The Balaban J connectivity index is 0.927. The number of phenols is 3. The molecule has 3 fully saturated rings. The van der Waals surface area contributed by atoms with Crippen LogP contribution in [-0.4, -0.2) is 97.8 Å². The van der Waals surface area contributed by atoms with Gasteiger partial charge in [0.25, 0.3) is 0 Å². The summed E-state index contributed by atoms with van der Waals surface area (Å²) in [6.45, 7) is 12.2. The second-order valence-electron chi connectivity index (χ2n) is 21.9. The van der Waals surface area contributed by atoms with Gasteiger partial charge in [-0.25, -0.2) is 4.79 Å². The monoisotopic (exact) mass is 1060 g/mol. The first-order valence-corrected chi connectivity index (χ1v) is 27.8. The smallest absolute Gasteiger partial charge is 0.407 e. The van der Waals surface area contributed by atoms with Gasteiger partial charge in [-0.3, -0.25) is 0 Å². The van der Waals surface area contributed by atoms with Gasteiger partial charge in [-0.15, -0.1) is 0 Å². The predicted molar refractivity (Wildman–Crippen MR) is 288 cm³/mol. The summed E-state index contributed by atoms with van der Waals surface area (Å²) in [4.78, 5) is 13.3. The van der Waals surface area contributed by atoms with Crippen LogP contribution < -0.4 is 5.32 Å². The number of nitrogens with one attached hydrogen (secondary N) is 1. The number of rotatable bonds is 25. The van der Waals surface area contributed by atoms with Crippen molar-refractivity contribution in [3.8, 4) is 17.2 Å². The predicted octanol–water partition coefficient (Wildman–Crippen LogP) is 11.4. The van der Waals surface area contributed by atoms with Crippen LogP contribution in [0.4, 0.5) is 4.79 Å². The minimum absolute atomic E-state index is 0.0275. The number of aryl methyl sites for hydroxylation is 4. The highest BCUT2D eigenvalue weighted by molar-refractivity contribution is 5.67. The minimum Gasteiger partial charge on any atom is -0.507 e. The molecule has 3 aliphatic heterocycles. The summed E-state index contributed by atoms with van der Waals surface area (Å²) >= 11 is 0. The molecule has 15 nitrogen and oxygen atoms in total. The summed E-state index contributed by atoms with van der Waals surface area (Å²) in [5.74, 6) is 0.314. The van der Waals surface area contributed by atoms with Crippen LogP contribution in [0.5, 0.6) is 17.2 Å². The van der Waals surface area contributed by atoms with E-state index in [1.54, 1.807) is 18.2 Å². The molecule has 0 aliphatic carbocycles. The first-order valence-electron chi connectivity index (χ1n) is 27.8. The van der Waals surface area contributed by atoms with Gasteiger partial charge in [0, 0.05) is 42.5 Å². The van der Waals surface area contributed by atoms with Gasteiger partial charge < -0.3 is 69.1 Å². The molecule has 3 aliphatic rings. The maximum Gasteiger partial charge on any atom is 0.407 e. The largest absolute Gasteiger partial charge is 0.507 e. The Morgan fingerprint density at radius 2 is 1.00 bits per heavy atom. The fourth-order valence-electron chi connectivity index (χ4n) is 10.8. The van der Waals surface area contributed by atoms with E-state index in [1.807, 2.05) is 95.3 Å². The molecule has 7 N–H and O–H groups in total. The molecule has 4 aromatic rings. The third-order valence-corrected chi connectivity index (χ3v) is 15.0. The highest BCUT2D eigenvalue weighted by Crippen LogP contribution is 2.41. The molecular formula is C61H85NO14. The van der Waals surface area contributed by atoms with Gasteiger partial charge in [-0.2, -0.15) is 0 Å². The number of benzene rings is 4. The minimum atomic E-state index is -0.945. The van der Waals surface area contributed by atoms with E-state index in [9.17, 15) is 35.4 Å². The van der Waals surface area contributed by atoms with E-state index in [-0.39, 0.29) is 73.3 Å². The van der Waals surface area contributed by atoms with Crippen molar-refractivity contribution in [2.75, 3.05) is 0 Å². The van der Waals surface area contributed by atoms with Gasteiger partial charge >= 0.3 is 6.09 Å². The fraction of sp³-hybridized carbons (Fsp3) is 0.590. The molecule has 0 radical (unpaired) electrons. The van der Waals surface area contributed by atoms with Crippen LogP contribution in [0, 0.1) is 27.7 Å². The number of hydrogen-bond donors (Lipinski definition) is 7. The first-order chi connectivity index (χ1) is 36.5. The SMILES string of the molecule is CCC1CC(CCCC(O)CC(O)CC(CCCC2CC(CCCC(O)CC3C[C@H](C)OC(c4cc(C)ccc4O)O3)OC(c3cc(C)ccc3O)O2)OC(=O)NCc2ccc(C)cc2)OC(c2cc(C)ccc2O)O1. The van der Waals surface area contributed by atoms with Crippen molar-refractivity contribution < 1.29 is 68.6 Å². The van der Waals surface area contributed by atoms with E-state index in [4.69, 9.17) is 33.2 Å². The molecule has 76 heavy (non-hydrogen) atoms. The lowest BCUT2D eigenvalue weighted by Gasteiger charge is -2.37. The molecule has 0 saturated carbocycles. The molecule has 3 saturated heterocycles. The number of carbonyl (C=O) groups is 1. The maximum atomic E-state index is 13.3. The van der Waals surface area contributed by atoms with Crippen molar-refractivity contribution in [2.24, 2.45) is 0 Å². The van der Waals surface area contributed by atoms with Crippen molar-refractivity contribution in [3.63, 3.8) is 0 Å². The lowest BCUT2D eigenvalue weighted by Crippen LogP contribution is -2.35. The molecule has 1 amide bonds. The van der Waals surface area contributed by atoms with E-state index in [1.165, 1.54) is 0 Å². The number of aliphatic hydroxyl groups is 3. The van der Waals surface area contributed by atoms with Gasteiger partial charge in [0.15, 0.2) is 18.9 Å². The Labute approximate surface area is 449 Å². The number of aromatic hydroxyl groups is 3. The van der Waals surface area contributed by atoms with Gasteiger partial charge in [0.2, 0.25) is 0 Å². The molecule has 0 bridgehead atoms. The van der Waals surface area contributed by atoms with Gasteiger partial charge in [0.1, 0.15) is 23.4 Å². The van der Waals surface area contributed by atoms with E-state index < -0.39 is 49.4 Å². The van der Waals surface area contributed by atoms with Crippen LogP contribution in [0.2, 0.25) is 0 Å². The number of alkyl carbamates (subject to hydrolysis) is 1. The highest BCUT2D eigenvalue weighted by atomic mass is 16.7. The van der Waals surface area contributed by atoms with E-state index in [2.05, 4.69) is 12.2 Å². The summed E-state index contributed by atoms with van der Waals surface area (Å²) in [5.41, 5.74) is 6.69. The van der Waals surface area contributed by atoms with Crippen LogP contribution in [0.3, 0.4) is 0 Å². The van der Waals surface area contributed by atoms with E-state index in [0.29, 0.717) is 100 Å². The van der Waals surface area contributed by atoms with Gasteiger partial charge in [-0.05, 0) is 160 Å². The quantitative estimate of drug-likeness (QED) is 0.0329. The molecule has 418 valence electrons. The normalized spacial score (nSPS) is 25.6. The lowest BCUT2D eigenvalue weighted by molar-refractivity contribution is -0.251. The number of phenolic OH excluding ortho intramolecular Hbond substituents is 3. The summed E-state index contributed by atoms with van der Waals surface area (Å²) in [5, 5.41) is 68.8. The third kappa shape index (κ3) is 18.1. The molecular weight excluding hydrogens is 971 g/mol. The Kier molecular flexibility index (Phi) is 22.2. The second-order valence-corrected chi connectivity index (χ2v) is 21.9. The van der Waals surface area contributed by atoms with E-state index in [0.717, 1.165) is 34.2 Å². The molecule has 3 heterocycles. The number of aliphatic hydroxyl groups excluding tert-OH is 3. The third-order valence-electron chi connectivity index (χ3n) is 15.0. The Bertz CT molecular complexity index is 2420. The van der Waals surface area contributed by atoms with Crippen LogP contribution >= 0.6 is 0 Å². The molecule has 15 heteroatoms. The van der Waals surface area contributed by atoms with Crippen molar-refractivity contribution in [1.29, 1.82) is 0 Å². The van der Waals surface area contributed by atoms with Crippen molar-refractivity contribution in [3.05, 3.63) is 123 Å². The van der Waals surface area contributed by atoms with Crippen molar-refractivity contribution >= 4 is 6.09 Å². The highest BCUT2D eigenvalue weighted by Gasteiger charge is 2.36. The standard InChI is InChI=1S/C61H85NO14/c1-7-46-34-48(72-59(71-46)53-28-39(4)20-25-56(53)67)13-8-11-43(63)31-45(65)33-47(76-61(69)62-36-42-22-17-37(2)18-23-42)15-10-16-50-35-49(73-60(74-50)54-29-40(5)21-26-57(54)68)14-9-12-44(64)32-51-30-41(6)70-58(75-51)52-27-38(3)19-24-55(52)66/h17-29,41,43-51,58-60,63-68H,7-16,30-36H2,1-6H3,(H,62,69)/t41-,43?,44?,45?,46?,47?,48?,49?,50?,51?,58?,59?,60?/m0/s1. The lowest BCUT2D eigenvalue weighted by atomic mass is 9.95. The Hall–Kier alpha value is -4.81. The van der Waals surface area contributed by atoms with E-state index >= 15 is 0 Å². The summed E-state index contributed by atoms with van der Waals surface area (Å²) in [6.07, 6.45) is 1.70. The summed E-state index contributed by atoms with van der Waals surface area (Å²) < 4.78 is 43.9. The zero-order valence-corrected chi connectivity index (χ0v) is 45.5. The molecule has 13 atom stereocenters. The van der Waals surface area contributed by atoms with Crippen molar-refractivity contribution in [2.45, 2.75) is 231 Å². The second kappa shape index (κ2) is 28.7. The van der Waals surface area contributed by atoms with Gasteiger partial charge in [0.05, 0.1) is 54.9 Å². The summed E-state index contributed by atoms with van der Waals surface area (Å²) in [6, 6.07) is 23.9. The fourth-order valence-corrected chi connectivity index (χ4v) is 10.8. The maximum absolute atomic E-state index is 13.3. The average molecular weight is 1060 g/mol. The molecule has 0 spiro atoms. The number of amides is 1. The molecule has 4 aromatic carbocycles. The van der Waals surface area contributed by atoms with Crippen molar-refractivity contribution in [1.82, 2.24) is 5.32 Å². The van der Waals surface area contributed by atoms with Crippen LogP contribution in [0.1, 0.15) is 180 Å². The molecule has 7 rings (SSSR count). The van der Waals surface area contributed by atoms with Crippen LogP contribution in [-0.2, 0) is 39.7 Å². The topological polar surface area (TPSA) is 215 Å². The summed E-state index contributed by atoms with van der Waals surface area (Å²) in [7, 11) is 0.